The zero-order chi connectivity index (χ0) is 21.8. The van der Waals surface area contributed by atoms with E-state index in [4.69, 9.17) is 23.9 Å². The maximum Gasteiger partial charge on any atom is 0.203 e. The Morgan fingerprint density at radius 2 is 1.74 bits per heavy atom. The predicted molar refractivity (Wildman–Crippen MR) is 120 cm³/mol. The molecule has 0 saturated carbocycles. The Labute approximate surface area is 183 Å². The SMILES string of the molecule is COc1cc(-c2ncn(C)c2N2CCOC(Cc3ccccc3)C2)cc(OC)c1OC. The number of morpholine rings is 1. The number of benzene rings is 2. The molecule has 0 bridgehead atoms. The summed E-state index contributed by atoms with van der Waals surface area (Å²) in [5, 5.41) is 0. The topological polar surface area (TPSA) is 58.0 Å². The van der Waals surface area contributed by atoms with Crippen LogP contribution in [-0.4, -0.2) is 56.7 Å². The van der Waals surface area contributed by atoms with Gasteiger partial charge in [-0.15, -0.1) is 0 Å². The Hall–Kier alpha value is -3.19. The average Bonchev–Trinajstić information content (AvgIpc) is 3.20. The molecule has 2 aromatic carbocycles. The van der Waals surface area contributed by atoms with Crippen molar-refractivity contribution in [2.75, 3.05) is 45.9 Å². The third-order valence-electron chi connectivity index (χ3n) is 5.59. The van der Waals surface area contributed by atoms with Gasteiger partial charge in [-0.3, -0.25) is 0 Å². The zero-order valence-corrected chi connectivity index (χ0v) is 18.5. The van der Waals surface area contributed by atoms with Crippen LogP contribution in [0.5, 0.6) is 17.2 Å². The number of ether oxygens (including phenoxy) is 4. The molecule has 0 aliphatic carbocycles. The summed E-state index contributed by atoms with van der Waals surface area (Å²) in [6, 6.07) is 14.3. The molecule has 1 aliphatic heterocycles. The minimum absolute atomic E-state index is 0.124. The molecule has 0 amide bonds. The van der Waals surface area contributed by atoms with Gasteiger partial charge in [-0.2, -0.15) is 0 Å². The number of imidazole rings is 1. The van der Waals surface area contributed by atoms with Crippen molar-refractivity contribution in [3.05, 3.63) is 54.4 Å². The van der Waals surface area contributed by atoms with E-state index in [0.29, 0.717) is 23.9 Å². The van der Waals surface area contributed by atoms with Gasteiger partial charge in [0.2, 0.25) is 5.75 Å². The normalized spacial score (nSPS) is 16.3. The number of hydrogen-bond acceptors (Lipinski definition) is 6. The Kier molecular flexibility index (Phi) is 6.32. The van der Waals surface area contributed by atoms with E-state index >= 15 is 0 Å². The van der Waals surface area contributed by atoms with Crippen LogP contribution in [-0.2, 0) is 18.2 Å². The fourth-order valence-electron chi connectivity index (χ4n) is 4.13. The highest BCUT2D eigenvalue weighted by Crippen LogP contribution is 2.42. The smallest absolute Gasteiger partial charge is 0.203 e. The number of nitrogens with zero attached hydrogens (tertiary/aromatic N) is 3. The van der Waals surface area contributed by atoms with Crippen LogP contribution in [0.2, 0.25) is 0 Å². The molecule has 1 aliphatic rings. The first-order chi connectivity index (χ1) is 15.1. The molecule has 1 unspecified atom stereocenters. The number of aromatic nitrogens is 2. The molecule has 0 spiro atoms. The summed E-state index contributed by atoms with van der Waals surface area (Å²) >= 11 is 0. The summed E-state index contributed by atoms with van der Waals surface area (Å²) in [6.07, 6.45) is 2.85. The highest BCUT2D eigenvalue weighted by Gasteiger charge is 2.27. The molecule has 1 saturated heterocycles. The zero-order valence-electron chi connectivity index (χ0n) is 18.5. The van der Waals surface area contributed by atoms with Gasteiger partial charge in [-0.1, -0.05) is 30.3 Å². The van der Waals surface area contributed by atoms with Crippen molar-refractivity contribution in [3.63, 3.8) is 0 Å². The summed E-state index contributed by atoms with van der Waals surface area (Å²) < 4.78 is 24.7. The third-order valence-corrected chi connectivity index (χ3v) is 5.59. The van der Waals surface area contributed by atoms with Crippen LogP contribution in [0.3, 0.4) is 0 Å². The standard InChI is InChI=1S/C24H29N3O4/c1-26-16-25-22(18-13-20(28-2)23(30-4)21(14-18)29-3)24(26)27-10-11-31-19(15-27)12-17-8-6-5-7-9-17/h5-9,13-14,16,19H,10-12,15H2,1-4H3. The molecule has 7 heteroatoms. The Balaban J connectivity index is 1.65. The van der Waals surface area contributed by atoms with E-state index in [1.165, 1.54) is 5.56 Å². The molecule has 2 heterocycles. The summed E-state index contributed by atoms with van der Waals surface area (Å²) in [7, 11) is 6.87. The molecule has 7 nitrogen and oxygen atoms in total. The number of rotatable bonds is 7. The number of hydrogen-bond donors (Lipinski definition) is 0. The van der Waals surface area contributed by atoms with E-state index in [9.17, 15) is 0 Å². The van der Waals surface area contributed by atoms with E-state index in [0.717, 1.165) is 36.6 Å². The highest BCUT2D eigenvalue weighted by atomic mass is 16.5. The molecule has 3 aromatic rings. The van der Waals surface area contributed by atoms with Gasteiger partial charge in [0, 0.05) is 32.1 Å². The third kappa shape index (κ3) is 4.32. The summed E-state index contributed by atoms with van der Waals surface area (Å²) in [6.45, 7) is 2.28. The lowest BCUT2D eigenvalue weighted by Crippen LogP contribution is -2.44. The van der Waals surface area contributed by atoms with Crippen LogP contribution < -0.4 is 19.1 Å². The van der Waals surface area contributed by atoms with Crippen LogP contribution in [0.4, 0.5) is 5.82 Å². The van der Waals surface area contributed by atoms with Crippen molar-refractivity contribution < 1.29 is 18.9 Å². The Morgan fingerprint density at radius 1 is 1.03 bits per heavy atom. The molecular weight excluding hydrogens is 394 g/mol. The molecule has 4 rings (SSSR count). The lowest BCUT2D eigenvalue weighted by Gasteiger charge is -2.35. The largest absolute Gasteiger partial charge is 0.493 e. The number of anilines is 1. The van der Waals surface area contributed by atoms with Crippen LogP contribution in [0.1, 0.15) is 5.56 Å². The van der Waals surface area contributed by atoms with Crippen molar-refractivity contribution >= 4 is 5.82 Å². The first-order valence-corrected chi connectivity index (χ1v) is 10.4. The van der Waals surface area contributed by atoms with Gasteiger partial charge < -0.3 is 28.4 Å². The molecule has 31 heavy (non-hydrogen) atoms. The van der Waals surface area contributed by atoms with E-state index in [-0.39, 0.29) is 6.10 Å². The number of methoxy groups -OCH3 is 3. The van der Waals surface area contributed by atoms with Crippen molar-refractivity contribution in [1.82, 2.24) is 9.55 Å². The predicted octanol–water partition coefficient (Wildman–Crippen LogP) is 3.56. The van der Waals surface area contributed by atoms with Gasteiger partial charge in [0.15, 0.2) is 11.5 Å². The Bertz CT molecular complexity index is 994. The molecule has 0 N–H and O–H groups in total. The molecule has 164 valence electrons. The van der Waals surface area contributed by atoms with E-state index in [1.54, 1.807) is 21.3 Å². The fourth-order valence-corrected chi connectivity index (χ4v) is 4.13. The van der Waals surface area contributed by atoms with Crippen molar-refractivity contribution in [1.29, 1.82) is 0 Å². The lowest BCUT2D eigenvalue weighted by atomic mass is 10.1. The molecule has 0 radical (unpaired) electrons. The summed E-state index contributed by atoms with van der Waals surface area (Å²) in [5.74, 6) is 2.84. The van der Waals surface area contributed by atoms with Crippen molar-refractivity contribution in [2.45, 2.75) is 12.5 Å². The van der Waals surface area contributed by atoms with Gasteiger partial charge in [-0.05, 0) is 17.7 Å². The second-order valence-electron chi connectivity index (χ2n) is 7.57. The Morgan fingerprint density at radius 3 is 2.39 bits per heavy atom. The van der Waals surface area contributed by atoms with Crippen LogP contribution in [0.15, 0.2) is 48.8 Å². The van der Waals surface area contributed by atoms with E-state index in [1.807, 2.05) is 31.6 Å². The van der Waals surface area contributed by atoms with Crippen LogP contribution in [0, 0.1) is 0 Å². The van der Waals surface area contributed by atoms with E-state index < -0.39 is 0 Å². The molecule has 1 atom stereocenters. The van der Waals surface area contributed by atoms with E-state index in [2.05, 4.69) is 33.7 Å². The maximum atomic E-state index is 6.07. The molecule has 1 fully saturated rings. The fraction of sp³-hybridized carbons (Fsp3) is 0.375. The average molecular weight is 424 g/mol. The number of aryl methyl sites for hydroxylation is 1. The summed E-state index contributed by atoms with van der Waals surface area (Å²) in [5.41, 5.74) is 3.07. The van der Waals surface area contributed by atoms with Crippen LogP contribution in [0.25, 0.3) is 11.3 Å². The first kappa shape index (κ1) is 21.1. The van der Waals surface area contributed by atoms with Gasteiger partial charge >= 0.3 is 0 Å². The maximum absolute atomic E-state index is 6.07. The lowest BCUT2D eigenvalue weighted by molar-refractivity contribution is 0.0407. The quantitative estimate of drug-likeness (QED) is 0.579. The van der Waals surface area contributed by atoms with Crippen molar-refractivity contribution in [2.24, 2.45) is 7.05 Å². The van der Waals surface area contributed by atoms with Crippen molar-refractivity contribution in [3.8, 4) is 28.5 Å². The monoisotopic (exact) mass is 423 g/mol. The van der Waals surface area contributed by atoms with Gasteiger partial charge in [0.1, 0.15) is 11.5 Å². The molecule has 1 aromatic heterocycles. The first-order valence-electron chi connectivity index (χ1n) is 10.4. The van der Waals surface area contributed by atoms with Gasteiger partial charge in [-0.25, -0.2) is 4.98 Å². The van der Waals surface area contributed by atoms with Gasteiger partial charge in [0.25, 0.3) is 0 Å². The second kappa shape index (κ2) is 9.31. The second-order valence-corrected chi connectivity index (χ2v) is 7.57. The summed E-state index contributed by atoms with van der Waals surface area (Å²) in [4.78, 5) is 7.05. The minimum atomic E-state index is 0.124. The molecular formula is C24H29N3O4. The van der Waals surface area contributed by atoms with Gasteiger partial charge in [0.05, 0.1) is 40.4 Å². The minimum Gasteiger partial charge on any atom is -0.493 e. The van der Waals surface area contributed by atoms with Crippen LogP contribution >= 0.6 is 0 Å². The highest BCUT2D eigenvalue weighted by molar-refractivity contribution is 5.77.